The van der Waals surface area contributed by atoms with Gasteiger partial charge in [0.05, 0.1) is 12.6 Å². The van der Waals surface area contributed by atoms with Crippen LogP contribution in [-0.2, 0) is 13.1 Å². The topological polar surface area (TPSA) is 37.4 Å². The van der Waals surface area contributed by atoms with Crippen molar-refractivity contribution in [1.29, 1.82) is 0 Å². The predicted octanol–water partition coefficient (Wildman–Crippen LogP) is 6.40. The molecule has 1 heterocycles. The first-order chi connectivity index (χ1) is 15.7. The summed E-state index contributed by atoms with van der Waals surface area (Å²) in [6.45, 7) is 3.65. The molecule has 1 N–H and O–H groups in total. The minimum atomic E-state index is 0.705. The first-order valence-electron chi connectivity index (χ1n) is 10.9. The lowest BCUT2D eigenvalue weighted by molar-refractivity contribution is 0.255. The summed E-state index contributed by atoms with van der Waals surface area (Å²) < 4.78 is 5.40. The van der Waals surface area contributed by atoms with E-state index < -0.39 is 0 Å². The molecule has 32 heavy (non-hydrogen) atoms. The molecule has 0 aliphatic carbocycles. The zero-order chi connectivity index (χ0) is 22.2. The number of hydrogen-bond acceptors (Lipinski definition) is 4. The number of pyridine rings is 1. The molecule has 0 saturated heterocycles. The van der Waals surface area contributed by atoms with Crippen LogP contribution in [0.1, 0.15) is 17.5 Å². The van der Waals surface area contributed by atoms with Gasteiger partial charge >= 0.3 is 0 Å². The van der Waals surface area contributed by atoms with Gasteiger partial charge in [0.15, 0.2) is 0 Å². The second kappa shape index (κ2) is 11.0. The van der Waals surface area contributed by atoms with Crippen molar-refractivity contribution < 1.29 is 4.74 Å². The van der Waals surface area contributed by atoms with Crippen molar-refractivity contribution >= 4 is 28.2 Å². The number of anilines is 1. The summed E-state index contributed by atoms with van der Waals surface area (Å²) >= 11 is 6.11. The number of fused-ring (bicyclic) bond motifs is 1. The van der Waals surface area contributed by atoms with Crippen molar-refractivity contribution in [2.45, 2.75) is 19.5 Å². The van der Waals surface area contributed by atoms with Crippen molar-refractivity contribution in [3.63, 3.8) is 0 Å². The summed E-state index contributed by atoms with van der Waals surface area (Å²) in [7, 11) is 1.71. The van der Waals surface area contributed by atoms with E-state index in [1.54, 1.807) is 7.11 Å². The van der Waals surface area contributed by atoms with Gasteiger partial charge in [-0.15, -0.1) is 0 Å². The third kappa shape index (κ3) is 6.00. The minimum Gasteiger partial charge on any atom is -0.497 e. The normalized spacial score (nSPS) is 11.1. The van der Waals surface area contributed by atoms with E-state index in [9.17, 15) is 0 Å². The summed E-state index contributed by atoms with van der Waals surface area (Å²) in [5, 5.41) is 5.38. The van der Waals surface area contributed by atoms with Crippen LogP contribution in [0.4, 0.5) is 5.69 Å². The Morgan fingerprint density at radius 1 is 0.906 bits per heavy atom. The highest BCUT2D eigenvalue weighted by Crippen LogP contribution is 2.24. The number of rotatable bonds is 10. The molecule has 0 aliphatic heterocycles. The van der Waals surface area contributed by atoms with Crippen LogP contribution in [0.3, 0.4) is 0 Å². The summed E-state index contributed by atoms with van der Waals surface area (Å²) in [5.74, 6) is 0.897. The van der Waals surface area contributed by atoms with Crippen LogP contribution < -0.4 is 10.1 Å². The van der Waals surface area contributed by atoms with Crippen LogP contribution in [0.15, 0.2) is 85.1 Å². The lowest BCUT2D eigenvalue weighted by atomic mass is 10.1. The molecule has 0 radical (unpaired) electrons. The molecule has 4 aromatic rings. The van der Waals surface area contributed by atoms with E-state index in [0.29, 0.717) is 5.02 Å². The lowest BCUT2D eigenvalue weighted by Crippen LogP contribution is -2.25. The van der Waals surface area contributed by atoms with Crippen LogP contribution >= 0.6 is 11.6 Å². The number of nitrogens with one attached hydrogen (secondary N) is 1. The maximum Gasteiger partial charge on any atom is 0.119 e. The highest BCUT2D eigenvalue weighted by atomic mass is 35.5. The van der Waals surface area contributed by atoms with Gasteiger partial charge in [0.2, 0.25) is 0 Å². The Hall–Kier alpha value is -3.08. The molecule has 0 bridgehead atoms. The Kier molecular flexibility index (Phi) is 7.59. The zero-order valence-electron chi connectivity index (χ0n) is 18.3. The van der Waals surface area contributed by atoms with Gasteiger partial charge in [0.25, 0.3) is 0 Å². The van der Waals surface area contributed by atoms with E-state index in [4.69, 9.17) is 16.3 Å². The van der Waals surface area contributed by atoms with Gasteiger partial charge in [0.1, 0.15) is 5.75 Å². The smallest absolute Gasteiger partial charge is 0.119 e. The Balaban J connectivity index is 1.39. The molecule has 0 atom stereocenters. The Morgan fingerprint density at radius 3 is 2.56 bits per heavy atom. The minimum absolute atomic E-state index is 0.705. The summed E-state index contributed by atoms with van der Waals surface area (Å²) in [6, 6.07) is 26.8. The van der Waals surface area contributed by atoms with Gasteiger partial charge in [-0.25, -0.2) is 0 Å². The molecule has 0 saturated carbocycles. The predicted molar refractivity (Wildman–Crippen MR) is 133 cm³/mol. The Labute approximate surface area is 194 Å². The number of nitrogens with zero attached hydrogens (tertiary/aromatic N) is 2. The van der Waals surface area contributed by atoms with Gasteiger partial charge < -0.3 is 10.1 Å². The molecule has 0 amide bonds. The van der Waals surface area contributed by atoms with E-state index in [0.717, 1.165) is 54.9 Å². The van der Waals surface area contributed by atoms with Gasteiger partial charge in [-0.2, -0.15) is 0 Å². The fourth-order valence-corrected chi connectivity index (χ4v) is 4.05. The third-order valence-electron chi connectivity index (χ3n) is 5.46. The standard InChI is InChI=1S/C27H28ClN3O/c1-32-24-10-5-9-22(17-24)20-31(19-21-7-3-2-4-8-21)16-6-14-29-26-13-15-30-27-18-23(28)11-12-25(26)27/h2-5,7-13,15,17-18H,6,14,16,19-20H2,1H3,(H,29,30). The molecule has 0 unspecified atom stereocenters. The van der Waals surface area contributed by atoms with Crippen LogP contribution in [0.25, 0.3) is 10.9 Å². The molecular formula is C27H28ClN3O. The number of ether oxygens (including phenoxy) is 1. The average molecular weight is 446 g/mol. The molecule has 1 aromatic heterocycles. The van der Waals surface area contributed by atoms with E-state index >= 15 is 0 Å². The van der Waals surface area contributed by atoms with Crippen LogP contribution in [0.5, 0.6) is 5.75 Å². The number of halogens is 1. The summed E-state index contributed by atoms with van der Waals surface area (Å²) in [4.78, 5) is 6.91. The highest BCUT2D eigenvalue weighted by molar-refractivity contribution is 6.31. The number of aromatic nitrogens is 1. The molecule has 164 valence electrons. The molecule has 0 fully saturated rings. The van der Waals surface area contributed by atoms with Crippen molar-refractivity contribution in [3.05, 3.63) is 101 Å². The molecule has 4 nitrogen and oxygen atoms in total. The van der Waals surface area contributed by atoms with Crippen molar-refractivity contribution in [2.24, 2.45) is 0 Å². The fraction of sp³-hybridized carbons (Fsp3) is 0.222. The molecule has 4 rings (SSSR count). The average Bonchev–Trinajstić information content (AvgIpc) is 2.82. The maximum atomic E-state index is 6.11. The molecular weight excluding hydrogens is 418 g/mol. The fourth-order valence-electron chi connectivity index (χ4n) is 3.89. The van der Waals surface area contributed by atoms with Crippen molar-refractivity contribution in [2.75, 3.05) is 25.5 Å². The summed E-state index contributed by atoms with van der Waals surface area (Å²) in [5.41, 5.74) is 4.57. The zero-order valence-corrected chi connectivity index (χ0v) is 19.1. The summed E-state index contributed by atoms with van der Waals surface area (Å²) in [6.07, 6.45) is 2.85. The van der Waals surface area contributed by atoms with Gasteiger partial charge in [-0.1, -0.05) is 54.1 Å². The third-order valence-corrected chi connectivity index (χ3v) is 5.70. The van der Waals surface area contributed by atoms with E-state index in [1.807, 2.05) is 36.5 Å². The van der Waals surface area contributed by atoms with Crippen molar-refractivity contribution in [3.8, 4) is 5.75 Å². The SMILES string of the molecule is COc1cccc(CN(CCCNc2ccnc3cc(Cl)ccc23)Cc2ccccc2)c1. The van der Waals surface area contributed by atoms with Crippen molar-refractivity contribution in [1.82, 2.24) is 9.88 Å². The molecule has 0 aliphatic rings. The molecule has 0 spiro atoms. The Morgan fingerprint density at radius 2 is 1.72 bits per heavy atom. The van der Waals surface area contributed by atoms with E-state index in [2.05, 4.69) is 63.7 Å². The second-order valence-electron chi connectivity index (χ2n) is 7.85. The van der Waals surface area contributed by atoms with Crippen LogP contribution in [-0.4, -0.2) is 30.1 Å². The number of hydrogen-bond donors (Lipinski definition) is 1. The van der Waals surface area contributed by atoms with Gasteiger partial charge in [0, 0.05) is 48.5 Å². The van der Waals surface area contributed by atoms with Gasteiger partial charge in [-0.3, -0.25) is 9.88 Å². The second-order valence-corrected chi connectivity index (χ2v) is 8.28. The molecule has 5 heteroatoms. The maximum absolute atomic E-state index is 6.11. The van der Waals surface area contributed by atoms with E-state index in [1.165, 1.54) is 11.1 Å². The van der Waals surface area contributed by atoms with Gasteiger partial charge in [-0.05, 0) is 53.9 Å². The first-order valence-corrected chi connectivity index (χ1v) is 11.3. The number of benzene rings is 3. The van der Waals surface area contributed by atoms with E-state index in [-0.39, 0.29) is 0 Å². The monoisotopic (exact) mass is 445 g/mol. The highest BCUT2D eigenvalue weighted by Gasteiger charge is 2.09. The first kappa shape index (κ1) is 22.1. The molecule has 3 aromatic carbocycles. The Bertz CT molecular complexity index is 1150. The lowest BCUT2D eigenvalue weighted by Gasteiger charge is -2.23. The number of methoxy groups -OCH3 is 1. The van der Waals surface area contributed by atoms with Crippen LogP contribution in [0.2, 0.25) is 5.02 Å². The van der Waals surface area contributed by atoms with Crippen LogP contribution in [0, 0.1) is 0 Å². The quantitative estimate of drug-likeness (QED) is 0.286. The largest absolute Gasteiger partial charge is 0.497 e.